The van der Waals surface area contributed by atoms with Gasteiger partial charge in [0.1, 0.15) is 15.9 Å². The molecule has 0 saturated carbocycles. The molecule has 3 rings (SSSR count). The predicted molar refractivity (Wildman–Crippen MR) is 96.5 cm³/mol. The summed E-state index contributed by atoms with van der Waals surface area (Å²) in [6.07, 6.45) is 1.12. The van der Waals surface area contributed by atoms with Crippen LogP contribution in [-0.2, 0) is 11.8 Å². The average molecular weight is 376 g/mol. The van der Waals surface area contributed by atoms with Crippen molar-refractivity contribution in [2.45, 2.75) is 39.7 Å². The van der Waals surface area contributed by atoms with Gasteiger partial charge in [0.05, 0.1) is 17.0 Å². The van der Waals surface area contributed by atoms with Crippen LogP contribution in [0, 0.1) is 20.8 Å². The van der Waals surface area contributed by atoms with E-state index in [0.29, 0.717) is 46.2 Å². The largest absolute Gasteiger partial charge is 0.480 e. The first kappa shape index (κ1) is 18.2. The Morgan fingerprint density at radius 2 is 1.92 bits per heavy atom. The zero-order valence-electron chi connectivity index (χ0n) is 15.1. The van der Waals surface area contributed by atoms with E-state index in [2.05, 4.69) is 10.1 Å². The van der Waals surface area contributed by atoms with Crippen molar-refractivity contribution in [1.29, 1.82) is 0 Å². The van der Waals surface area contributed by atoms with E-state index in [9.17, 15) is 19.5 Å². The summed E-state index contributed by atoms with van der Waals surface area (Å²) in [5, 5.41) is 13.9. The third kappa shape index (κ3) is 2.92. The van der Waals surface area contributed by atoms with Gasteiger partial charge in [-0.3, -0.25) is 9.59 Å². The normalized spacial score (nSPS) is 16.9. The molecule has 1 amide bonds. The molecule has 1 saturated heterocycles. The zero-order valence-corrected chi connectivity index (χ0v) is 15.9. The standard InChI is InChI=1S/C17H20N4O4S/c1-8-9(2)19-20(4)15(22)12(8)14-18-10(3)13(26-14)16(23)21-7-5-6-11(21)17(24)25/h11H,5-7H2,1-4H3,(H,24,25)/t11-/m1/s1. The number of hydrogen-bond donors (Lipinski definition) is 1. The lowest BCUT2D eigenvalue weighted by molar-refractivity contribution is -0.141. The van der Waals surface area contributed by atoms with Gasteiger partial charge in [0.2, 0.25) is 0 Å². The van der Waals surface area contributed by atoms with Crippen molar-refractivity contribution in [1.82, 2.24) is 19.7 Å². The first-order valence-corrected chi connectivity index (χ1v) is 9.10. The molecule has 3 heterocycles. The lowest BCUT2D eigenvalue weighted by atomic mass is 10.1. The molecule has 26 heavy (non-hydrogen) atoms. The Labute approximate surface area is 154 Å². The van der Waals surface area contributed by atoms with Gasteiger partial charge >= 0.3 is 5.97 Å². The molecule has 1 atom stereocenters. The first-order valence-electron chi connectivity index (χ1n) is 8.28. The number of nitrogens with zero attached hydrogens (tertiary/aromatic N) is 4. The van der Waals surface area contributed by atoms with Crippen molar-refractivity contribution >= 4 is 23.2 Å². The van der Waals surface area contributed by atoms with Crippen molar-refractivity contribution in [3.8, 4) is 10.6 Å². The molecule has 0 radical (unpaired) electrons. The SMILES string of the molecule is Cc1nc(-c2c(C)c(C)nn(C)c2=O)sc1C(=O)N1CCC[C@@H]1C(=O)O. The van der Waals surface area contributed by atoms with Crippen molar-refractivity contribution in [2.75, 3.05) is 6.54 Å². The molecular formula is C17H20N4O4S. The molecule has 0 aromatic carbocycles. The van der Waals surface area contributed by atoms with Gasteiger partial charge < -0.3 is 10.0 Å². The Hall–Kier alpha value is -2.55. The molecular weight excluding hydrogens is 356 g/mol. The molecule has 1 fully saturated rings. The van der Waals surface area contributed by atoms with Crippen LogP contribution in [0.5, 0.6) is 0 Å². The molecule has 0 spiro atoms. The van der Waals surface area contributed by atoms with E-state index in [1.54, 1.807) is 20.9 Å². The quantitative estimate of drug-likeness (QED) is 0.871. The number of thiazole rings is 1. The zero-order chi connectivity index (χ0) is 19.2. The number of amides is 1. The highest BCUT2D eigenvalue weighted by molar-refractivity contribution is 7.17. The van der Waals surface area contributed by atoms with E-state index in [0.717, 1.165) is 16.9 Å². The predicted octanol–water partition coefficient (Wildman–Crippen LogP) is 1.52. The summed E-state index contributed by atoms with van der Waals surface area (Å²) < 4.78 is 1.26. The molecule has 8 nitrogen and oxygen atoms in total. The van der Waals surface area contributed by atoms with Crippen molar-refractivity contribution < 1.29 is 14.7 Å². The summed E-state index contributed by atoms with van der Waals surface area (Å²) in [6, 6.07) is -0.801. The molecule has 9 heteroatoms. The summed E-state index contributed by atoms with van der Waals surface area (Å²) in [6.45, 7) is 5.73. The number of carboxylic acid groups (broad SMARTS) is 1. The van der Waals surface area contributed by atoms with Crippen molar-refractivity contribution in [2.24, 2.45) is 7.05 Å². The number of carboxylic acids is 1. The summed E-state index contributed by atoms with van der Waals surface area (Å²) in [5.74, 6) is -1.33. The molecule has 0 unspecified atom stereocenters. The van der Waals surface area contributed by atoms with Gasteiger partial charge in [-0.1, -0.05) is 0 Å². The number of aromatic nitrogens is 3. The van der Waals surface area contributed by atoms with Crippen LogP contribution in [0.15, 0.2) is 4.79 Å². The van der Waals surface area contributed by atoms with E-state index < -0.39 is 12.0 Å². The maximum atomic E-state index is 12.9. The molecule has 1 aliphatic heterocycles. The third-order valence-corrected chi connectivity index (χ3v) is 5.89. The van der Waals surface area contributed by atoms with Gasteiger partial charge in [-0.25, -0.2) is 14.5 Å². The number of carbonyl (C=O) groups is 2. The smallest absolute Gasteiger partial charge is 0.326 e. The minimum absolute atomic E-state index is 0.273. The van der Waals surface area contributed by atoms with E-state index in [4.69, 9.17) is 0 Å². The number of hydrogen-bond acceptors (Lipinski definition) is 6. The molecule has 2 aromatic rings. The van der Waals surface area contributed by atoms with Crippen LogP contribution in [0.25, 0.3) is 10.6 Å². The highest BCUT2D eigenvalue weighted by Crippen LogP contribution is 2.31. The van der Waals surface area contributed by atoms with E-state index in [-0.39, 0.29) is 11.5 Å². The summed E-state index contributed by atoms with van der Waals surface area (Å²) in [7, 11) is 1.58. The Morgan fingerprint density at radius 3 is 2.58 bits per heavy atom. The lowest BCUT2D eigenvalue weighted by Gasteiger charge is -2.20. The monoisotopic (exact) mass is 376 g/mol. The topological polar surface area (TPSA) is 105 Å². The second-order valence-corrected chi connectivity index (χ2v) is 7.44. The van der Waals surface area contributed by atoms with Crippen LogP contribution in [0.2, 0.25) is 0 Å². The fourth-order valence-electron chi connectivity index (χ4n) is 3.20. The Balaban J connectivity index is 2.05. The first-order chi connectivity index (χ1) is 12.2. The molecule has 1 aliphatic rings. The molecule has 138 valence electrons. The van der Waals surface area contributed by atoms with E-state index in [1.807, 2.05) is 6.92 Å². The summed E-state index contributed by atoms with van der Waals surface area (Å²) in [5.41, 5.74) is 2.11. The van der Waals surface area contributed by atoms with Crippen LogP contribution >= 0.6 is 11.3 Å². The highest BCUT2D eigenvalue weighted by atomic mass is 32.1. The molecule has 0 bridgehead atoms. The maximum Gasteiger partial charge on any atom is 0.326 e. The number of aliphatic carboxylic acids is 1. The number of aryl methyl sites for hydroxylation is 3. The second kappa shape index (κ2) is 6.64. The van der Waals surface area contributed by atoms with Crippen molar-refractivity contribution in [3.63, 3.8) is 0 Å². The van der Waals surface area contributed by atoms with Crippen LogP contribution < -0.4 is 5.56 Å². The van der Waals surface area contributed by atoms with Crippen LogP contribution in [0.3, 0.4) is 0 Å². The van der Waals surface area contributed by atoms with Gasteiger partial charge in [0.15, 0.2) is 0 Å². The molecule has 0 aliphatic carbocycles. The van der Waals surface area contributed by atoms with Gasteiger partial charge in [-0.05, 0) is 39.2 Å². The Bertz CT molecular complexity index is 962. The molecule has 1 N–H and O–H groups in total. The van der Waals surface area contributed by atoms with E-state index >= 15 is 0 Å². The van der Waals surface area contributed by atoms with Gasteiger partial charge in [0, 0.05) is 13.6 Å². The number of likely N-dealkylation sites (tertiary alicyclic amines) is 1. The second-order valence-electron chi connectivity index (χ2n) is 6.44. The Kier molecular flexibility index (Phi) is 4.66. The fourth-order valence-corrected chi connectivity index (χ4v) is 4.32. The van der Waals surface area contributed by atoms with E-state index in [1.165, 1.54) is 9.58 Å². The summed E-state index contributed by atoms with van der Waals surface area (Å²) in [4.78, 5) is 43.0. The third-order valence-electron chi connectivity index (χ3n) is 4.73. The minimum Gasteiger partial charge on any atom is -0.480 e. The summed E-state index contributed by atoms with van der Waals surface area (Å²) >= 11 is 1.13. The highest BCUT2D eigenvalue weighted by Gasteiger charge is 2.36. The Morgan fingerprint density at radius 1 is 1.23 bits per heavy atom. The minimum atomic E-state index is -0.993. The number of rotatable bonds is 3. The van der Waals surface area contributed by atoms with Crippen molar-refractivity contribution in [3.05, 3.63) is 32.2 Å². The van der Waals surface area contributed by atoms with Crippen LogP contribution in [0.1, 0.15) is 39.5 Å². The van der Waals surface area contributed by atoms with Gasteiger partial charge in [0.25, 0.3) is 11.5 Å². The van der Waals surface area contributed by atoms with Crippen LogP contribution in [-0.4, -0.2) is 49.2 Å². The fraction of sp³-hybridized carbons (Fsp3) is 0.471. The molecule has 2 aromatic heterocycles. The number of carbonyl (C=O) groups excluding carboxylic acids is 1. The lowest BCUT2D eigenvalue weighted by Crippen LogP contribution is -2.40. The van der Waals surface area contributed by atoms with Gasteiger partial charge in [-0.2, -0.15) is 5.10 Å². The maximum absolute atomic E-state index is 12.9. The average Bonchev–Trinajstić information content (AvgIpc) is 3.20. The van der Waals surface area contributed by atoms with Crippen LogP contribution in [0.4, 0.5) is 0 Å². The van der Waals surface area contributed by atoms with Gasteiger partial charge in [-0.15, -0.1) is 11.3 Å².